The van der Waals surface area contributed by atoms with Gasteiger partial charge in [-0.05, 0) is 49.8 Å². The number of hydrogen-bond acceptors (Lipinski definition) is 2. The Balaban J connectivity index is 1.57. The number of benzene rings is 1. The van der Waals surface area contributed by atoms with Crippen LogP contribution in [0.4, 0.5) is 0 Å². The van der Waals surface area contributed by atoms with Crippen LogP contribution in [0, 0.1) is 5.92 Å². The van der Waals surface area contributed by atoms with Gasteiger partial charge < -0.3 is 10.2 Å². The van der Waals surface area contributed by atoms with Crippen LogP contribution < -0.4 is 5.32 Å². The van der Waals surface area contributed by atoms with Gasteiger partial charge in [-0.25, -0.2) is 0 Å². The van der Waals surface area contributed by atoms with E-state index in [0.29, 0.717) is 6.04 Å². The largest absolute Gasteiger partial charge is 0.315 e. The molecular weight excluding hydrogens is 256 g/mol. The number of hydrogen-bond donors (Lipinski definition) is 1. The molecule has 0 saturated heterocycles. The quantitative estimate of drug-likeness (QED) is 0.914. The predicted molar refractivity (Wildman–Crippen MR) is 89.7 cm³/mol. The lowest BCUT2D eigenvalue weighted by Gasteiger charge is -2.34. The summed E-state index contributed by atoms with van der Waals surface area (Å²) in [5.41, 5.74) is 3.14. The monoisotopic (exact) mass is 286 g/mol. The van der Waals surface area contributed by atoms with Crippen LogP contribution in [0.2, 0.25) is 0 Å². The van der Waals surface area contributed by atoms with E-state index in [2.05, 4.69) is 41.5 Å². The Hall–Kier alpha value is -0.860. The van der Waals surface area contributed by atoms with E-state index in [-0.39, 0.29) is 0 Å². The summed E-state index contributed by atoms with van der Waals surface area (Å²) < 4.78 is 0. The zero-order chi connectivity index (χ0) is 14.5. The lowest BCUT2D eigenvalue weighted by atomic mass is 9.83. The van der Waals surface area contributed by atoms with Crippen molar-refractivity contribution in [2.24, 2.45) is 5.92 Å². The van der Waals surface area contributed by atoms with Crippen LogP contribution in [-0.4, -0.2) is 37.6 Å². The average Bonchev–Trinajstić information content (AvgIpc) is 2.76. The van der Waals surface area contributed by atoms with Crippen LogP contribution in [0.5, 0.6) is 0 Å². The van der Waals surface area contributed by atoms with E-state index in [1.165, 1.54) is 64.6 Å². The van der Waals surface area contributed by atoms with Crippen LogP contribution in [0.3, 0.4) is 0 Å². The van der Waals surface area contributed by atoms with Gasteiger partial charge in [-0.3, -0.25) is 0 Å². The molecule has 3 rings (SSSR count). The van der Waals surface area contributed by atoms with Crippen molar-refractivity contribution in [1.82, 2.24) is 10.2 Å². The molecule has 1 aliphatic heterocycles. The normalized spacial score (nSPS) is 22.5. The molecule has 2 aliphatic rings. The van der Waals surface area contributed by atoms with Crippen LogP contribution in [-0.2, 0) is 12.8 Å². The highest BCUT2D eigenvalue weighted by Gasteiger charge is 2.25. The first-order valence-corrected chi connectivity index (χ1v) is 8.83. The Labute approximate surface area is 129 Å². The molecule has 0 aromatic heterocycles. The average molecular weight is 286 g/mol. The minimum atomic E-state index is 0.687. The van der Waals surface area contributed by atoms with Crippen molar-refractivity contribution < 1.29 is 0 Å². The molecule has 21 heavy (non-hydrogen) atoms. The molecule has 2 heteroatoms. The summed E-state index contributed by atoms with van der Waals surface area (Å²) in [5.74, 6) is 0.898. The molecule has 0 spiro atoms. The molecule has 1 atom stereocenters. The summed E-state index contributed by atoms with van der Waals surface area (Å²) in [6.45, 7) is 3.68. The summed E-state index contributed by atoms with van der Waals surface area (Å²) in [7, 11) is 2.16. The molecule has 1 aromatic rings. The number of rotatable bonds is 4. The molecule has 1 aliphatic carbocycles. The summed E-state index contributed by atoms with van der Waals surface area (Å²) in [6.07, 6.45) is 9.63. The predicted octanol–water partition coefficient (Wildman–Crippen LogP) is 3.26. The Kier molecular flexibility index (Phi) is 5.32. The van der Waals surface area contributed by atoms with Crippen LogP contribution in [0.1, 0.15) is 43.2 Å². The smallest absolute Gasteiger partial charge is 0.0220 e. The molecule has 116 valence electrons. The third kappa shape index (κ3) is 3.87. The Morgan fingerprint density at radius 1 is 1.05 bits per heavy atom. The van der Waals surface area contributed by atoms with Gasteiger partial charge in [0.05, 0.1) is 0 Å². The maximum Gasteiger partial charge on any atom is 0.0220 e. The fourth-order valence-electron chi connectivity index (χ4n) is 4.19. The van der Waals surface area contributed by atoms with Crippen molar-refractivity contribution in [1.29, 1.82) is 0 Å². The molecule has 1 aromatic carbocycles. The molecule has 1 heterocycles. The first-order valence-electron chi connectivity index (χ1n) is 8.83. The van der Waals surface area contributed by atoms with Crippen LogP contribution >= 0.6 is 0 Å². The highest BCUT2D eigenvalue weighted by molar-refractivity contribution is 5.28. The zero-order valence-electron chi connectivity index (χ0n) is 13.5. The Bertz CT molecular complexity index is 410. The number of fused-ring (bicyclic) bond motifs is 1. The lowest BCUT2D eigenvalue weighted by Crippen LogP contribution is -2.45. The zero-order valence-corrected chi connectivity index (χ0v) is 13.5. The van der Waals surface area contributed by atoms with Gasteiger partial charge in [0.25, 0.3) is 0 Å². The van der Waals surface area contributed by atoms with Crippen molar-refractivity contribution >= 4 is 0 Å². The van der Waals surface area contributed by atoms with Gasteiger partial charge in [0.15, 0.2) is 0 Å². The first-order chi connectivity index (χ1) is 10.4. The van der Waals surface area contributed by atoms with E-state index < -0.39 is 0 Å². The summed E-state index contributed by atoms with van der Waals surface area (Å²) in [5, 5.41) is 3.62. The maximum atomic E-state index is 3.62. The third-order valence-electron chi connectivity index (χ3n) is 5.56. The van der Waals surface area contributed by atoms with Crippen molar-refractivity contribution in [3.05, 3.63) is 35.4 Å². The Morgan fingerprint density at radius 2 is 1.67 bits per heavy atom. The fourth-order valence-corrected chi connectivity index (χ4v) is 4.19. The molecular formula is C19H30N2. The standard InChI is InChI=1S/C19H30N2/c1-20-19(18-9-3-2-4-10-18)15-21-13-11-16-7-5-6-8-17(16)12-14-21/h5-8,18-20H,2-4,9-15H2,1H3. The minimum absolute atomic E-state index is 0.687. The third-order valence-corrected chi connectivity index (χ3v) is 5.56. The minimum Gasteiger partial charge on any atom is -0.315 e. The summed E-state index contributed by atoms with van der Waals surface area (Å²) >= 11 is 0. The number of likely N-dealkylation sites (N-methyl/N-ethyl adjacent to an activating group) is 1. The topological polar surface area (TPSA) is 15.3 Å². The Morgan fingerprint density at radius 3 is 2.24 bits per heavy atom. The van der Waals surface area contributed by atoms with E-state index >= 15 is 0 Å². The molecule has 0 amide bonds. The fraction of sp³-hybridized carbons (Fsp3) is 0.684. The van der Waals surface area contributed by atoms with Crippen molar-refractivity contribution in [2.45, 2.75) is 51.0 Å². The van der Waals surface area contributed by atoms with Crippen molar-refractivity contribution in [3.63, 3.8) is 0 Å². The molecule has 1 N–H and O–H groups in total. The second-order valence-electron chi connectivity index (χ2n) is 6.86. The van der Waals surface area contributed by atoms with E-state index in [0.717, 1.165) is 5.92 Å². The van der Waals surface area contributed by atoms with E-state index in [1.54, 1.807) is 11.1 Å². The van der Waals surface area contributed by atoms with Gasteiger partial charge >= 0.3 is 0 Å². The van der Waals surface area contributed by atoms with Crippen molar-refractivity contribution in [3.8, 4) is 0 Å². The van der Waals surface area contributed by atoms with Gasteiger partial charge in [-0.1, -0.05) is 43.5 Å². The number of nitrogens with one attached hydrogen (secondary N) is 1. The van der Waals surface area contributed by atoms with E-state index in [4.69, 9.17) is 0 Å². The van der Waals surface area contributed by atoms with E-state index in [9.17, 15) is 0 Å². The lowest BCUT2D eigenvalue weighted by molar-refractivity contribution is 0.193. The first kappa shape index (κ1) is 15.1. The highest BCUT2D eigenvalue weighted by Crippen LogP contribution is 2.27. The van der Waals surface area contributed by atoms with Gasteiger partial charge in [0.1, 0.15) is 0 Å². The molecule has 1 fully saturated rings. The van der Waals surface area contributed by atoms with Crippen LogP contribution in [0.25, 0.3) is 0 Å². The number of nitrogens with zero attached hydrogens (tertiary/aromatic N) is 1. The van der Waals surface area contributed by atoms with Gasteiger partial charge in [-0.2, -0.15) is 0 Å². The van der Waals surface area contributed by atoms with E-state index in [1.807, 2.05) is 0 Å². The molecule has 2 nitrogen and oxygen atoms in total. The van der Waals surface area contributed by atoms with Crippen molar-refractivity contribution in [2.75, 3.05) is 26.7 Å². The molecule has 0 radical (unpaired) electrons. The highest BCUT2D eigenvalue weighted by atomic mass is 15.1. The second kappa shape index (κ2) is 7.42. The summed E-state index contributed by atoms with van der Waals surface area (Å²) in [4.78, 5) is 2.69. The van der Waals surface area contributed by atoms with Gasteiger partial charge in [0, 0.05) is 25.7 Å². The second-order valence-corrected chi connectivity index (χ2v) is 6.86. The molecule has 1 unspecified atom stereocenters. The molecule has 0 bridgehead atoms. The SMILES string of the molecule is CNC(CN1CCc2ccccc2CC1)C1CCCCC1. The van der Waals surface area contributed by atoms with Gasteiger partial charge in [0.2, 0.25) is 0 Å². The summed E-state index contributed by atoms with van der Waals surface area (Å²) in [6, 6.07) is 9.69. The van der Waals surface area contributed by atoms with Gasteiger partial charge in [-0.15, -0.1) is 0 Å². The maximum absolute atomic E-state index is 3.62. The van der Waals surface area contributed by atoms with Crippen LogP contribution in [0.15, 0.2) is 24.3 Å². The molecule has 1 saturated carbocycles.